The Morgan fingerprint density at radius 2 is 1.96 bits per heavy atom. The summed E-state index contributed by atoms with van der Waals surface area (Å²) in [5.41, 5.74) is -0.556. The van der Waals surface area contributed by atoms with Crippen molar-refractivity contribution in [2.75, 3.05) is 6.54 Å². The highest BCUT2D eigenvalue weighted by atomic mass is 32.1. The number of rotatable bonds is 2. The van der Waals surface area contributed by atoms with E-state index in [0.717, 1.165) is 27.8 Å². The van der Waals surface area contributed by atoms with E-state index in [-0.39, 0.29) is 11.9 Å². The molecule has 4 nitrogen and oxygen atoms in total. The summed E-state index contributed by atoms with van der Waals surface area (Å²) in [5, 5.41) is 1.07. The van der Waals surface area contributed by atoms with Gasteiger partial charge < -0.3 is 4.74 Å². The van der Waals surface area contributed by atoms with Crippen molar-refractivity contribution in [2.24, 2.45) is 0 Å². The van der Waals surface area contributed by atoms with Crippen LogP contribution >= 0.6 is 11.3 Å². The zero-order valence-electron chi connectivity index (χ0n) is 14.4. The van der Waals surface area contributed by atoms with E-state index in [2.05, 4.69) is 0 Å². The average Bonchev–Trinajstić information content (AvgIpc) is 2.96. The van der Waals surface area contributed by atoms with Gasteiger partial charge in [0.05, 0.1) is 10.9 Å². The number of benzene rings is 1. The second kappa shape index (κ2) is 6.55. The fourth-order valence-electron chi connectivity index (χ4n) is 3.01. The van der Waals surface area contributed by atoms with E-state index in [0.29, 0.717) is 13.0 Å². The Morgan fingerprint density at radius 3 is 2.67 bits per heavy atom. The molecule has 2 aromatic rings. The van der Waals surface area contributed by atoms with Crippen LogP contribution in [-0.2, 0) is 4.74 Å². The van der Waals surface area contributed by atoms with Gasteiger partial charge in [0.25, 0.3) is 0 Å². The van der Waals surface area contributed by atoms with Crippen molar-refractivity contribution < 1.29 is 14.3 Å². The number of carbonyl (C=O) groups is 2. The zero-order chi connectivity index (χ0) is 17.3. The van der Waals surface area contributed by atoms with Crippen molar-refractivity contribution in [3.8, 4) is 0 Å². The topological polar surface area (TPSA) is 46.6 Å². The van der Waals surface area contributed by atoms with Crippen LogP contribution in [0.1, 0.15) is 49.7 Å². The smallest absolute Gasteiger partial charge is 0.410 e. The summed E-state index contributed by atoms with van der Waals surface area (Å²) in [6.45, 7) is 6.11. The van der Waals surface area contributed by atoms with E-state index < -0.39 is 11.6 Å². The molecular formula is C19H23NO3S. The molecule has 128 valence electrons. The summed E-state index contributed by atoms with van der Waals surface area (Å²) in [5.74, 6) is 0.0294. The van der Waals surface area contributed by atoms with Crippen molar-refractivity contribution in [3.05, 3.63) is 35.2 Å². The van der Waals surface area contributed by atoms with E-state index in [4.69, 9.17) is 4.74 Å². The zero-order valence-corrected chi connectivity index (χ0v) is 15.2. The number of nitrogens with zero attached hydrogens (tertiary/aromatic N) is 1. The Morgan fingerprint density at radius 1 is 1.21 bits per heavy atom. The first kappa shape index (κ1) is 17.0. The lowest BCUT2D eigenvalue weighted by Gasteiger charge is -2.35. The molecule has 1 saturated heterocycles. The van der Waals surface area contributed by atoms with Crippen LogP contribution in [0.25, 0.3) is 10.1 Å². The largest absolute Gasteiger partial charge is 0.444 e. The summed E-state index contributed by atoms with van der Waals surface area (Å²) in [6, 6.07) is 9.49. The van der Waals surface area contributed by atoms with Crippen molar-refractivity contribution in [1.29, 1.82) is 0 Å². The number of likely N-dealkylation sites (tertiary alicyclic amines) is 1. The first-order chi connectivity index (χ1) is 11.3. The summed E-state index contributed by atoms with van der Waals surface area (Å²) >= 11 is 1.50. The van der Waals surface area contributed by atoms with Crippen LogP contribution in [0, 0.1) is 0 Å². The van der Waals surface area contributed by atoms with Crippen LogP contribution in [0.3, 0.4) is 0 Å². The molecule has 5 heteroatoms. The van der Waals surface area contributed by atoms with Gasteiger partial charge in [-0.25, -0.2) is 4.79 Å². The van der Waals surface area contributed by atoms with Crippen LogP contribution in [0.2, 0.25) is 0 Å². The number of carbonyl (C=O) groups excluding carboxylic acids is 2. The van der Waals surface area contributed by atoms with Gasteiger partial charge >= 0.3 is 6.09 Å². The highest BCUT2D eigenvalue weighted by molar-refractivity contribution is 7.20. The van der Waals surface area contributed by atoms with Crippen LogP contribution in [-0.4, -0.2) is 35.0 Å². The Balaban J connectivity index is 1.84. The van der Waals surface area contributed by atoms with Gasteiger partial charge in [0, 0.05) is 11.2 Å². The van der Waals surface area contributed by atoms with E-state index in [1.54, 1.807) is 4.90 Å². The van der Waals surface area contributed by atoms with Crippen LogP contribution in [0.4, 0.5) is 4.79 Å². The Bertz CT molecular complexity index is 726. The molecule has 0 unspecified atom stereocenters. The molecule has 0 saturated carbocycles. The Kier molecular flexibility index (Phi) is 4.63. The fraction of sp³-hybridized carbons (Fsp3) is 0.474. The Labute approximate surface area is 146 Å². The van der Waals surface area contributed by atoms with Crippen molar-refractivity contribution in [1.82, 2.24) is 4.90 Å². The van der Waals surface area contributed by atoms with Crippen LogP contribution in [0.15, 0.2) is 30.3 Å². The molecule has 1 amide bonds. The van der Waals surface area contributed by atoms with Gasteiger partial charge in [0.2, 0.25) is 0 Å². The molecule has 0 N–H and O–H groups in total. The van der Waals surface area contributed by atoms with Gasteiger partial charge in [0.15, 0.2) is 5.78 Å². The van der Waals surface area contributed by atoms with Crippen LogP contribution < -0.4 is 0 Å². The molecule has 0 spiro atoms. The lowest BCUT2D eigenvalue weighted by molar-refractivity contribution is 0.0105. The molecule has 0 radical (unpaired) electrons. The monoisotopic (exact) mass is 345 g/mol. The molecule has 1 fully saturated rings. The number of fused-ring (bicyclic) bond motifs is 1. The van der Waals surface area contributed by atoms with Gasteiger partial charge in [-0.1, -0.05) is 18.2 Å². The summed E-state index contributed by atoms with van der Waals surface area (Å²) < 4.78 is 6.59. The first-order valence-electron chi connectivity index (χ1n) is 8.37. The molecule has 1 aromatic carbocycles. The molecule has 1 atom stereocenters. The third-order valence-corrected chi connectivity index (χ3v) is 5.23. The number of amides is 1. The van der Waals surface area contributed by atoms with Gasteiger partial charge in [-0.3, -0.25) is 9.69 Å². The normalized spacial score (nSPS) is 18.6. The maximum atomic E-state index is 13.0. The molecule has 1 aliphatic heterocycles. The molecule has 1 aliphatic rings. The molecule has 2 heterocycles. The summed E-state index contributed by atoms with van der Waals surface area (Å²) in [6.07, 6.45) is 2.18. The van der Waals surface area contributed by atoms with Crippen molar-refractivity contribution in [2.45, 2.75) is 51.7 Å². The lowest BCUT2D eigenvalue weighted by Crippen LogP contribution is -2.49. The van der Waals surface area contributed by atoms with Gasteiger partial charge in [-0.15, -0.1) is 11.3 Å². The molecule has 0 aliphatic carbocycles. The minimum absolute atomic E-state index is 0.0294. The predicted molar refractivity (Wildman–Crippen MR) is 96.7 cm³/mol. The average molecular weight is 345 g/mol. The molecule has 0 bridgehead atoms. The SMILES string of the molecule is CC(C)(C)OC(=O)N1CCCC[C@H]1C(=O)c1cc2ccccc2s1. The number of Topliss-reactive ketones (excluding diaryl/α,β-unsaturated/α-hetero) is 1. The highest BCUT2D eigenvalue weighted by Gasteiger charge is 2.35. The van der Waals surface area contributed by atoms with E-state index in [1.807, 2.05) is 51.1 Å². The summed E-state index contributed by atoms with van der Waals surface area (Å²) in [7, 11) is 0. The standard InChI is InChI=1S/C19H23NO3S/c1-19(2,3)23-18(22)20-11-7-6-9-14(20)17(21)16-12-13-8-4-5-10-15(13)24-16/h4-5,8,10,12,14H,6-7,9,11H2,1-3H3/t14-/m0/s1. The first-order valence-corrected chi connectivity index (χ1v) is 9.19. The molecular weight excluding hydrogens is 322 g/mol. The predicted octanol–water partition coefficient (Wildman–Crippen LogP) is 4.87. The van der Waals surface area contributed by atoms with Gasteiger partial charge in [-0.05, 0) is 57.6 Å². The maximum Gasteiger partial charge on any atom is 0.410 e. The minimum Gasteiger partial charge on any atom is -0.444 e. The third kappa shape index (κ3) is 3.61. The molecule has 3 rings (SSSR count). The number of piperidine rings is 1. The minimum atomic E-state index is -0.556. The fourth-order valence-corrected chi connectivity index (χ4v) is 4.06. The number of hydrogen-bond donors (Lipinski definition) is 0. The van der Waals surface area contributed by atoms with E-state index in [9.17, 15) is 9.59 Å². The third-order valence-electron chi connectivity index (χ3n) is 4.10. The number of ether oxygens (including phenoxy) is 1. The van der Waals surface area contributed by atoms with E-state index in [1.165, 1.54) is 11.3 Å². The van der Waals surface area contributed by atoms with Crippen molar-refractivity contribution in [3.63, 3.8) is 0 Å². The molecule has 1 aromatic heterocycles. The highest BCUT2D eigenvalue weighted by Crippen LogP contribution is 2.30. The number of hydrogen-bond acceptors (Lipinski definition) is 4. The van der Waals surface area contributed by atoms with Gasteiger partial charge in [0.1, 0.15) is 5.60 Å². The quantitative estimate of drug-likeness (QED) is 0.729. The van der Waals surface area contributed by atoms with Gasteiger partial charge in [-0.2, -0.15) is 0 Å². The van der Waals surface area contributed by atoms with E-state index >= 15 is 0 Å². The second-order valence-electron chi connectivity index (χ2n) is 7.20. The van der Waals surface area contributed by atoms with Crippen LogP contribution in [0.5, 0.6) is 0 Å². The maximum absolute atomic E-state index is 13.0. The molecule has 24 heavy (non-hydrogen) atoms. The van der Waals surface area contributed by atoms with Crippen molar-refractivity contribution >= 4 is 33.3 Å². The number of thiophene rings is 1. The second-order valence-corrected chi connectivity index (χ2v) is 8.28. The number of ketones is 1. The Hall–Kier alpha value is -1.88. The summed E-state index contributed by atoms with van der Waals surface area (Å²) in [4.78, 5) is 27.8. The lowest BCUT2D eigenvalue weighted by atomic mass is 9.98.